The van der Waals surface area contributed by atoms with E-state index >= 15 is 4.39 Å². The lowest BCUT2D eigenvalue weighted by atomic mass is 10.0. The second kappa shape index (κ2) is 10.4. The van der Waals surface area contributed by atoms with Gasteiger partial charge in [0.2, 0.25) is 15.5 Å². The number of halogens is 1. The molecule has 0 atom stereocenters. The number of nitrogen functional groups attached to an aromatic ring is 1. The van der Waals surface area contributed by atoms with Crippen molar-refractivity contribution in [3.05, 3.63) is 58.1 Å². The molecule has 0 spiro atoms. The Labute approximate surface area is 209 Å². The lowest BCUT2D eigenvalue weighted by Gasteiger charge is -2.15. The quantitative estimate of drug-likeness (QED) is 0.251. The molecule has 0 amide bonds. The van der Waals surface area contributed by atoms with Gasteiger partial charge in [-0.3, -0.25) is 4.79 Å². The number of benzene rings is 2. The van der Waals surface area contributed by atoms with Crippen molar-refractivity contribution in [1.29, 1.82) is 0 Å². The van der Waals surface area contributed by atoms with E-state index in [1.807, 2.05) is 0 Å². The van der Waals surface area contributed by atoms with Gasteiger partial charge in [0.25, 0.3) is 0 Å². The number of aromatic carboxylic acids is 1. The maximum atomic E-state index is 15.2. The molecule has 8 nitrogen and oxygen atoms in total. The molecule has 0 bridgehead atoms. The average Bonchev–Trinajstić information content (AvgIpc) is 3.66. The molecule has 1 heterocycles. The van der Waals surface area contributed by atoms with Crippen LogP contribution in [0.2, 0.25) is 0 Å². The fourth-order valence-electron chi connectivity index (χ4n) is 4.37. The molecule has 0 unspecified atom stereocenters. The fraction of sp³-hybridized carbons (Fsp3) is 0.385. The van der Waals surface area contributed by atoms with Gasteiger partial charge in [0.05, 0.1) is 11.2 Å². The van der Waals surface area contributed by atoms with Gasteiger partial charge in [0.1, 0.15) is 16.3 Å². The number of hydrogen-bond donors (Lipinski definition) is 3. The van der Waals surface area contributed by atoms with Crippen molar-refractivity contribution in [3.8, 4) is 11.1 Å². The molecule has 1 aromatic heterocycles. The predicted molar refractivity (Wildman–Crippen MR) is 137 cm³/mol. The largest absolute Gasteiger partial charge is 0.477 e. The summed E-state index contributed by atoms with van der Waals surface area (Å²) in [6.45, 7) is 2.42. The highest BCUT2D eigenvalue weighted by Gasteiger charge is 2.27. The monoisotopic (exact) mass is 515 g/mol. The summed E-state index contributed by atoms with van der Waals surface area (Å²) in [6, 6.07) is 6.78. The molecule has 1 saturated carbocycles. The van der Waals surface area contributed by atoms with Crippen LogP contribution in [0.25, 0.3) is 22.0 Å². The van der Waals surface area contributed by atoms with Crippen LogP contribution in [0, 0.1) is 5.82 Å². The van der Waals surface area contributed by atoms with Gasteiger partial charge in [-0.15, -0.1) is 0 Å². The van der Waals surface area contributed by atoms with Gasteiger partial charge in [0, 0.05) is 29.7 Å². The fourth-order valence-corrected chi connectivity index (χ4v) is 5.56. The summed E-state index contributed by atoms with van der Waals surface area (Å²) in [5.74, 6) is -2.09. The topological polar surface area (TPSA) is 131 Å². The van der Waals surface area contributed by atoms with E-state index in [2.05, 4.69) is 11.6 Å². The smallest absolute Gasteiger partial charge is 0.341 e. The van der Waals surface area contributed by atoms with Crippen LogP contribution in [-0.2, 0) is 10.0 Å². The third-order valence-electron chi connectivity index (χ3n) is 6.47. The second-order valence-corrected chi connectivity index (χ2v) is 11.0. The first kappa shape index (κ1) is 25.8. The van der Waals surface area contributed by atoms with Crippen LogP contribution in [0.4, 0.5) is 10.1 Å². The Kier molecular flexibility index (Phi) is 7.46. The van der Waals surface area contributed by atoms with Gasteiger partial charge in [-0.25, -0.2) is 22.3 Å². The normalized spacial score (nSPS) is 13.8. The molecule has 4 rings (SSSR count). The Hall–Kier alpha value is -3.24. The Morgan fingerprint density at radius 2 is 1.89 bits per heavy atom. The standard InChI is InChI=1S/C26H30FN3O5S/c1-2-3-4-5-6-11-29-36(34,35)24-10-7-16(12-22(24)28)18-14-23-19(13-21(18)27)25(31)20(26(32)33)15-30(23)17-8-9-17/h7,10,12-15,17,29H,2-6,8-9,11,28H2,1H3,(H,32,33). The zero-order chi connectivity index (χ0) is 26.0. The van der Waals surface area contributed by atoms with Crippen LogP contribution in [0.1, 0.15) is 68.3 Å². The van der Waals surface area contributed by atoms with Crippen molar-refractivity contribution in [1.82, 2.24) is 9.29 Å². The molecular weight excluding hydrogens is 485 g/mol. The predicted octanol–water partition coefficient (Wildman–Crippen LogP) is 4.67. The summed E-state index contributed by atoms with van der Waals surface area (Å²) in [7, 11) is -3.83. The lowest BCUT2D eigenvalue weighted by Crippen LogP contribution is -2.25. The van der Waals surface area contributed by atoms with E-state index in [1.54, 1.807) is 4.57 Å². The van der Waals surface area contributed by atoms with Crippen molar-refractivity contribution in [2.75, 3.05) is 12.3 Å². The van der Waals surface area contributed by atoms with Crippen molar-refractivity contribution in [2.24, 2.45) is 0 Å². The molecule has 3 aromatic rings. The highest BCUT2D eigenvalue weighted by Crippen LogP contribution is 2.38. The van der Waals surface area contributed by atoms with Crippen LogP contribution in [0.5, 0.6) is 0 Å². The maximum Gasteiger partial charge on any atom is 0.341 e. The van der Waals surface area contributed by atoms with Crippen LogP contribution >= 0.6 is 0 Å². The van der Waals surface area contributed by atoms with E-state index in [1.165, 1.54) is 30.5 Å². The molecule has 4 N–H and O–H groups in total. The number of nitrogens with zero attached hydrogens (tertiary/aromatic N) is 1. The highest BCUT2D eigenvalue weighted by atomic mass is 32.2. The SMILES string of the molecule is CCCCCCCNS(=O)(=O)c1ccc(-c2cc3c(cc2F)c(=O)c(C(=O)O)cn3C2CC2)cc1N. The number of nitrogens with one attached hydrogen (secondary N) is 1. The number of unbranched alkanes of at least 4 members (excludes halogenated alkanes) is 4. The van der Waals surface area contributed by atoms with Crippen molar-refractivity contribution < 1.29 is 22.7 Å². The molecule has 36 heavy (non-hydrogen) atoms. The number of hydrogen-bond acceptors (Lipinski definition) is 5. The summed E-state index contributed by atoms with van der Waals surface area (Å²) < 4.78 is 44.9. The second-order valence-electron chi connectivity index (χ2n) is 9.23. The molecule has 2 aromatic carbocycles. The number of carbonyl (C=O) groups is 1. The number of carboxylic acids is 1. The molecule has 1 fully saturated rings. The summed E-state index contributed by atoms with van der Waals surface area (Å²) >= 11 is 0. The van der Waals surface area contributed by atoms with Gasteiger partial charge < -0.3 is 15.4 Å². The minimum Gasteiger partial charge on any atom is -0.477 e. The Morgan fingerprint density at radius 1 is 1.17 bits per heavy atom. The summed E-state index contributed by atoms with van der Waals surface area (Å²) in [5, 5.41) is 9.39. The molecule has 0 saturated heterocycles. The first-order valence-electron chi connectivity index (χ1n) is 12.1. The molecule has 1 aliphatic rings. The molecule has 1 aliphatic carbocycles. The zero-order valence-electron chi connectivity index (χ0n) is 20.1. The Bertz CT molecular complexity index is 1480. The van der Waals surface area contributed by atoms with E-state index in [-0.39, 0.29) is 27.6 Å². The number of pyridine rings is 1. The zero-order valence-corrected chi connectivity index (χ0v) is 20.9. The average molecular weight is 516 g/mol. The first-order chi connectivity index (χ1) is 17.1. The lowest BCUT2D eigenvalue weighted by molar-refractivity contribution is 0.0694. The Morgan fingerprint density at radius 3 is 2.53 bits per heavy atom. The van der Waals surface area contributed by atoms with E-state index < -0.39 is 32.8 Å². The minimum atomic E-state index is -3.83. The number of sulfonamides is 1. The number of fused-ring (bicyclic) bond motifs is 1. The molecule has 0 radical (unpaired) electrons. The third kappa shape index (κ3) is 5.29. The summed E-state index contributed by atoms with van der Waals surface area (Å²) in [5.41, 5.74) is 5.81. The van der Waals surface area contributed by atoms with Gasteiger partial charge in [0.15, 0.2) is 0 Å². The van der Waals surface area contributed by atoms with Crippen LogP contribution < -0.4 is 15.9 Å². The Balaban J connectivity index is 1.66. The number of aromatic nitrogens is 1. The van der Waals surface area contributed by atoms with Gasteiger partial charge in [-0.05, 0) is 49.1 Å². The number of anilines is 1. The van der Waals surface area contributed by atoms with Crippen molar-refractivity contribution in [2.45, 2.75) is 62.8 Å². The molecule has 10 heteroatoms. The van der Waals surface area contributed by atoms with Crippen LogP contribution in [0.15, 0.2) is 46.2 Å². The van der Waals surface area contributed by atoms with E-state index in [0.717, 1.165) is 51.0 Å². The minimum absolute atomic E-state index is 0.0154. The van der Waals surface area contributed by atoms with E-state index in [4.69, 9.17) is 5.73 Å². The van der Waals surface area contributed by atoms with Crippen LogP contribution in [-0.4, -0.2) is 30.6 Å². The summed E-state index contributed by atoms with van der Waals surface area (Å²) in [6.07, 6.45) is 7.91. The van der Waals surface area contributed by atoms with Crippen molar-refractivity contribution in [3.63, 3.8) is 0 Å². The van der Waals surface area contributed by atoms with E-state index in [0.29, 0.717) is 17.6 Å². The summed E-state index contributed by atoms with van der Waals surface area (Å²) in [4.78, 5) is 24.1. The number of carboxylic acid groups (broad SMARTS) is 1. The highest BCUT2D eigenvalue weighted by molar-refractivity contribution is 7.89. The molecule has 0 aliphatic heterocycles. The molecule has 192 valence electrons. The van der Waals surface area contributed by atoms with Gasteiger partial charge in [-0.2, -0.15) is 0 Å². The third-order valence-corrected chi connectivity index (χ3v) is 8.01. The maximum absolute atomic E-state index is 15.2. The number of rotatable bonds is 11. The van der Waals surface area contributed by atoms with Gasteiger partial charge in [-0.1, -0.05) is 38.7 Å². The van der Waals surface area contributed by atoms with Gasteiger partial charge >= 0.3 is 5.97 Å². The molecular formula is C26H30FN3O5S. The van der Waals surface area contributed by atoms with E-state index in [9.17, 15) is 23.1 Å². The van der Waals surface area contributed by atoms with Crippen LogP contribution in [0.3, 0.4) is 0 Å². The first-order valence-corrected chi connectivity index (χ1v) is 13.6. The van der Waals surface area contributed by atoms with Crippen molar-refractivity contribution >= 4 is 32.6 Å². The number of nitrogens with two attached hydrogens (primary N) is 1.